The molecule has 6 nitrogen and oxygen atoms in total. The molecule has 3 rings (SSSR count). The van der Waals surface area contributed by atoms with Gasteiger partial charge in [0.1, 0.15) is 5.69 Å². The zero-order valence-electron chi connectivity index (χ0n) is 12.4. The smallest absolute Gasteiger partial charge is 0.270 e. The molecule has 22 heavy (non-hydrogen) atoms. The van der Waals surface area contributed by atoms with Crippen LogP contribution in [0.4, 0.5) is 0 Å². The molecule has 6 heteroatoms. The summed E-state index contributed by atoms with van der Waals surface area (Å²) in [6.45, 7) is 0.119. The summed E-state index contributed by atoms with van der Waals surface area (Å²) >= 11 is 0. The minimum absolute atomic E-state index is 0.0324. The molecule has 2 aromatic rings. The molecular formula is C16H20N4O2. The largest absolute Gasteiger partial charge is 0.396 e. The number of hydrogen-bond donors (Lipinski definition) is 2. The Kier molecular flexibility index (Phi) is 4.48. The minimum atomic E-state index is -0.188. The highest BCUT2D eigenvalue weighted by molar-refractivity contribution is 5.93. The zero-order chi connectivity index (χ0) is 15.4. The molecule has 0 radical (unpaired) electrons. The number of amides is 1. The lowest BCUT2D eigenvalue weighted by Crippen LogP contribution is -2.43. The van der Waals surface area contributed by atoms with E-state index in [9.17, 15) is 9.90 Å². The molecule has 1 saturated carbocycles. The van der Waals surface area contributed by atoms with Crippen LogP contribution in [0.2, 0.25) is 0 Å². The molecule has 0 spiro atoms. The SMILES string of the molecule is O=C(NC1CCCCC1CO)c1cc(-n2ccnc2)ccn1. The molecule has 1 aliphatic rings. The number of hydrogen-bond acceptors (Lipinski definition) is 4. The quantitative estimate of drug-likeness (QED) is 0.898. The molecule has 2 unspecified atom stereocenters. The summed E-state index contributed by atoms with van der Waals surface area (Å²) in [5.74, 6) is -0.0400. The van der Waals surface area contributed by atoms with Crippen LogP contribution in [0.25, 0.3) is 5.69 Å². The van der Waals surface area contributed by atoms with Gasteiger partial charge in [0.05, 0.1) is 12.0 Å². The number of rotatable bonds is 4. The van der Waals surface area contributed by atoms with Gasteiger partial charge in [0, 0.05) is 37.2 Å². The van der Waals surface area contributed by atoms with Crippen molar-refractivity contribution < 1.29 is 9.90 Å². The molecule has 0 aliphatic heterocycles. The number of aromatic nitrogens is 3. The molecule has 2 heterocycles. The maximum absolute atomic E-state index is 12.4. The third kappa shape index (κ3) is 3.17. The Morgan fingerprint density at radius 3 is 3.00 bits per heavy atom. The topological polar surface area (TPSA) is 80.0 Å². The highest BCUT2D eigenvalue weighted by atomic mass is 16.3. The molecular weight excluding hydrogens is 280 g/mol. The second-order valence-electron chi connectivity index (χ2n) is 5.68. The first-order chi connectivity index (χ1) is 10.8. The average molecular weight is 300 g/mol. The Balaban J connectivity index is 1.73. The summed E-state index contributed by atoms with van der Waals surface area (Å²) in [7, 11) is 0. The first-order valence-electron chi connectivity index (χ1n) is 7.64. The van der Waals surface area contributed by atoms with E-state index >= 15 is 0 Å². The Morgan fingerprint density at radius 2 is 2.23 bits per heavy atom. The Hall–Kier alpha value is -2.21. The summed E-state index contributed by atoms with van der Waals surface area (Å²) in [6.07, 6.45) is 10.9. The Labute approximate surface area is 129 Å². The van der Waals surface area contributed by atoms with E-state index in [1.165, 1.54) is 0 Å². The fourth-order valence-corrected chi connectivity index (χ4v) is 2.97. The number of aliphatic hydroxyl groups is 1. The lowest BCUT2D eigenvalue weighted by Gasteiger charge is -2.30. The average Bonchev–Trinajstić information content (AvgIpc) is 3.10. The molecule has 1 aliphatic carbocycles. The van der Waals surface area contributed by atoms with Gasteiger partial charge in [0.25, 0.3) is 5.91 Å². The third-order valence-corrected chi connectivity index (χ3v) is 4.24. The fraction of sp³-hybridized carbons (Fsp3) is 0.438. The summed E-state index contributed by atoms with van der Waals surface area (Å²) in [4.78, 5) is 20.6. The highest BCUT2D eigenvalue weighted by Crippen LogP contribution is 2.24. The highest BCUT2D eigenvalue weighted by Gasteiger charge is 2.26. The van der Waals surface area contributed by atoms with Crippen LogP contribution in [0.5, 0.6) is 0 Å². The van der Waals surface area contributed by atoms with Crippen LogP contribution in [0, 0.1) is 5.92 Å². The number of nitrogens with one attached hydrogen (secondary N) is 1. The molecule has 1 amide bonds. The first kappa shape index (κ1) is 14.7. The summed E-state index contributed by atoms with van der Waals surface area (Å²) < 4.78 is 1.83. The van der Waals surface area contributed by atoms with Gasteiger partial charge < -0.3 is 15.0 Å². The van der Waals surface area contributed by atoms with Crippen molar-refractivity contribution >= 4 is 5.91 Å². The van der Waals surface area contributed by atoms with Crippen molar-refractivity contribution in [1.82, 2.24) is 19.9 Å². The zero-order valence-corrected chi connectivity index (χ0v) is 12.4. The van der Waals surface area contributed by atoms with E-state index < -0.39 is 0 Å². The normalized spacial score (nSPS) is 21.5. The van der Waals surface area contributed by atoms with Crippen molar-refractivity contribution in [2.45, 2.75) is 31.7 Å². The van der Waals surface area contributed by atoms with Gasteiger partial charge in [-0.05, 0) is 25.0 Å². The van der Waals surface area contributed by atoms with Crippen molar-refractivity contribution in [2.75, 3.05) is 6.61 Å². The van der Waals surface area contributed by atoms with Crippen LogP contribution in [-0.4, -0.2) is 38.2 Å². The standard InChI is InChI=1S/C16H20N4O2/c21-10-12-3-1-2-4-14(12)19-16(22)15-9-13(5-6-18-15)20-8-7-17-11-20/h5-9,11-12,14,21H,1-4,10H2,(H,19,22). The van der Waals surface area contributed by atoms with Crippen LogP contribution in [0.15, 0.2) is 37.1 Å². The molecule has 0 saturated heterocycles. The Bertz CT molecular complexity index is 627. The summed E-state index contributed by atoms with van der Waals surface area (Å²) in [6, 6.07) is 3.61. The fourth-order valence-electron chi connectivity index (χ4n) is 2.97. The number of pyridine rings is 1. The van der Waals surface area contributed by atoms with Crippen LogP contribution in [0.1, 0.15) is 36.2 Å². The molecule has 2 atom stereocenters. The maximum Gasteiger partial charge on any atom is 0.270 e. The molecule has 0 aromatic carbocycles. The number of aliphatic hydroxyl groups excluding tert-OH is 1. The van der Waals surface area contributed by atoms with E-state index in [0.29, 0.717) is 5.69 Å². The van der Waals surface area contributed by atoms with Gasteiger partial charge in [-0.3, -0.25) is 9.78 Å². The van der Waals surface area contributed by atoms with Crippen LogP contribution >= 0.6 is 0 Å². The lowest BCUT2D eigenvalue weighted by molar-refractivity contribution is 0.0867. The first-order valence-corrected chi connectivity index (χ1v) is 7.64. The van der Waals surface area contributed by atoms with E-state index in [1.54, 1.807) is 24.8 Å². The van der Waals surface area contributed by atoms with Crippen molar-refractivity contribution in [2.24, 2.45) is 5.92 Å². The van der Waals surface area contributed by atoms with E-state index in [4.69, 9.17) is 0 Å². The van der Waals surface area contributed by atoms with Crippen LogP contribution in [-0.2, 0) is 0 Å². The van der Waals surface area contributed by atoms with Gasteiger partial charge >= 0.3 is 0 Å². The van der Waals surface area contributed by atoms with Gasteiger partial charge in [0.2, 0.25) is 0 Å². The van der Waals surface area contributed by atoms with E-state index in [-0.39, 0.29) is 24.5 Å². The van der Waals surface area contributed by atoms with E-state index in [1.807, 2.05) is 16.8 Å². The van der Waals surface area contributed by atoms with Gasteiger partial charge in [0.15, 0.2) is 0 Å². The predicted molar refractivity (Wildman–Crippen MR) is 81.7 cm³/mol. The molecule has 2 aromatic heterocycles. The molecule has 1 fully saturated rings. The van der Waals surface area contributed by atoms with Crippen molar-refractivity contribution in [1.29, 1.82) is 0 Å². The Morgan fingerprint density at radius 1 is 1.36 bits per heavy atom. The van der Waals surface area contributed by atoms with Crippen LogP contribution < -0.4 is 5.32 Å². The monoisotopic (exact) mass is 300 g/mol. The van der Waals surface area contributed by atoms with Crippen molar-refractivity contribution in [3.8, 4) is 5.69 Å². The van der Waals surface area contributed by atoms with Gasteiger partial charge in [-0.2, -0.15) is 0 Å². The maximum atomic E-state index is 12.4. The summed E-state index contributed by atoms with van der Waals surface area (Å²) in [5, 5.41) is 12.5. The number of imidazole rings is 1. The number of nitrogens with zero attached hydrogens (tertiary/aromatic N) is 3. The second kappa shape index (κ2) is 6.70. The van der Waals surface area contributed by atoms with Crippen molar-refractivity contribution in [3.63, 3.8) is 0 Å². The predicted octanol–water partition coefficient (Wildman–Crippen LogP) is 1.55. The van der Waals surface area contributed by atoms with E-state index in [0.717, 1.165) is 31.4 Å². The summed E-state index contributed by atoms with van der Waals surface area (Å²) in [5.41, 5.74) is 1.23. The molecule has 116 valence electrons. The van der Waals surface area contributed by atoms with Gasteiger partial charge in [-0.15, -0.1) is 0 Å². The number of carbonyl (C=O) groups excluding carboxylic acids is 1. The second-order valence-corrected chi connectivity index (χ2v) is 5.68. The van der Waals surface area contributed by atoms with E-state index in [2.05, 4.69) is 15.3 Å². The van der Waals surface area contributed by atoms with Crippen LogP contribution in [0.3, 0.4) is 0 Å². The molecule has 2 N–H and O–H groups in total. The molecule has 0 bridgehead atoms. The third-order valence-electron chi connectivity index (χ3n) is 4.24. The number of carbonyl (C=O) groups is 1. The lowest BCUT2D eigenvalue weighted by atomic mass is 9.85. The van der Waals surface area contributed by atoms with Crippen molar-refractivity contribution in [3.05, 3.63) is 42.7 Å². The van der Waals surface area contributed by atoms with Gasteiger partial charge in [-0.1, -0.05) is 12.8 Å². The minimum Gasteiger partial charge on any atom is -0.396 e. The van der Waals surface area contributed by atoms with Gasteiger partial charge in [-0.25, -0.2) is 4.98 Å².